The largest absolute Gasteiger partial charge is 0.460 e. The minimum atomic E-state index is -0.603. The summed E-state index contributed by atoms with van der Waals surface area (Å²) < 4.78 is 10.3. The van der Waals surface area contributed by atoms with Crippen LogP contribution in [0.25, 0.3) is 10.4 Å². The Morgan fingerprint density at radius 2 is 1.68 bits per heavy atom. The highest BCUT2D eigenvalue weighted by Crippen LogP contribution is 2.11. The van der Waals surface area contributed by atoms with E-state index in [-0.39, 0.29) is 25.4 Å². The number of hydrogen-bond donors (Lipinski definition) is 1. The number of carbonyl (C=O) groups excluding carboxylic acids is 2. The second-order valence-corrected chi connectivity index (χ2v) is 6.87. The van der Waals surface area contributed by atoms with Crippen molar-refractivity contribution in [2.75, 3.05) is 6.54 Å². The molecule has 1 atom stereocenters. The summed E-state index contributed by atoms with van der Waals surface area (Å²) in [7, 11) is 0. The van der Waals surface area contributed by atoms with Gasteiger partial charge in [0.05, 0.1) is 6.04 Å². The molecule has 0 aliphatic heterocycles. The molecule has 0 rings (SSSR count). The smallest absolute Gasteiger partial charge is 0.407 e. The predicted molar refractivity (Wildman–Crippen MR) is 82.2 cm³/mol. The molecule has 0 aromatic carbocycles. The average Bonchev–Trinajstić information content (AvgIpc) is 2.28. The summed E-state index contributed by atoms with van der Waals surface area (Å²) in [5.74, 6) is -0.372. The summed E-state index contributed by atoms with van der Waals surface area (Å²) >= 11 is 0. The van der Waals surface area contributed by atoms with Crippen LogP contribution in [-0.4, -0.2) is 35.9 Å². The van der Waals surface area contributed by atoms with Gasteiger partial charge in [-0.2, -0.15) is 0 Å². The SMILES string of the molecule is CC(C)(C)OC(=O)CCC(CNC(=O)OC(C)(C)C)N=[N+]=[N-]. The second kappa shape index (κ2) is 8.48. The van der Waals surface area contributed by atoms with Crippen molar-refractivity contribution >= 4 is 12.1 Å². The molecule has 0 spiro atoms. The number of hydrogen-bond acceptors (Lipinski definition) is 5. The minimum Gasteiger partial charge on any atom is -0.460 e. The molecular weight excluding hydrogens is 288 g/mol. The van der Waals surface area contributed by atoms with Crippen LogP contribution < -0.4 is 5.32 Å². The number of alkyl carbamates (subject to hydrolysis) is 1. The third kappa shape index (κ3) is 11.8. The van der Waals surface area contributed by atoms with E-state index in [0.29, 0.717) is 0 Å². The van der Waals surface area contributed by atoms with Gasteiger partial charge in [0.25, 0.3) is 0 Å². The van der Waals surface area contributed by atoms with E-state index in [1.54, 1.807) is 41.5 Å². The van der Waals surface area contributed by atoms with Crippen molar-refractivity contribution in [1.29, 1.82) is 0 Å². The second-order valence-electron chi connectivity index (χ2n) is 6.87. The van der Waals surface area contributed by atoms with Gasteiger partial charge in [0, 0.05) is 17.9 Å². The van der Waals surface area contributed by atoms with Crippen LogP contribution in [0.1, 0.15) is 54.4 Å². The lowest BCUT2D eigenvalue weighted by molar-refractivity contribution is -0.155. The lowest BCUT2D eigenvalue weighted by Crippen LogP contribution is -2.36. The topological polar surface area (TPSA) is 113 Å². The van der Waals surface area contributed by atoms with Crippen molar-refractivity contribution in [1.82, 2.24) is 5.32 Å². The van der Waals surface area contributed by atoms with Gasteiger partial charge >= 0.3 is 12.1 Å². The van der Waals surface area contributed by atoms with Crippen molar-refractivity contribution in [3.8, 4) is 0 Å². The zero-order valence-corrected chi connectivity index (χ0v) is 14.2. The molecule has 126 valence electrons. The van der Waals surface area contributed by atoms with Crippen LogP contribution in [0.5, 0.6) is 0 Å². The molecule has 22 heavy (non-hydrogen) atoms. The van der Waals surface area contributed by atoms with Crippen molar-refractivity contribution in [3.05, 3.63) is 10.4 Å². The molecule has 0 saturated heterocycles. The molecule has 0 heterocycles. The maximum absolute atomic E-state index is 11.6. The van der Waals surface area contributed by atoms with Gasteiger partial charge in [-0.05, 0) is 53.5 Å². The molecule has 0 aliphatic carbocycles. The Morgan fingerprint density at radius 3 is 2.14 bits per heavy atom. The first kappa shape index (κ1) is 20.1. The van der Waals surface area contributed by atoms with E-state index in [2.05, 4.69) is 15.3 Å². The maximum Gasteiger partial charge on any atom is 0.407 e. The highest BCUT2D eigenvalue weighted by molar-refractivity contribution is 5.70. The number of ether oxygens (including phenoxy) is 2. The third-order valence-corrected chi connectivity index (χ3v) is 2.20. The van der Waals surface area contributed by atoms with Gasteiger partial charge in [0.15, 0.2) is 0 Å². The molecule has 0 saturated carbocycles. The van der Waals surface area contributed by atoms with Crippen LogP contribution in [0.4, 0.5) is 4.79 Å². The van der Waals surface area contributed by atoms with Crippen LogP contribution in [0, 0.1) is 0 Å². The van der Waals surface area contributed by atoms with Gasteiger partial charge in [-0.15, -0.1) is 0 Å². The Kier molecular flexibility index (Phi) is 7.73. The average molecular weight is 314 g/mol. The van der Waals surface area contributed by atoms with Gasteiger partial charge in [-0.3, -0.25) is 4.79 Å². The van der Waals surface area contributed by atoms with E-state index < -0.39 is 23.3 Å². The monoisotopic (exact) mass is 314 g/mol. The highest BCUT2D eigenvalue weighted by Gasteiger charge is 2.19. The fourth-order valence-electron chi connectivity index (χ4n) is 1.47. The van der Waals surface area contributed by atoms with Gasteiger partial charge in [-0.1, -0.05) is 5.11 Å². The molecular formula is C14H26N4O4. The van der Waals surface area contributed by atoms with Gasteiger partial charge in [-0.25, -0.2) is 4.79 Å². The molecule has 1 unspecified atom stereocenters. The first-order chi connectivity index (χ1) is 9.93. The van der Waals surface area contributed by atoms with Gasteiger partial charge < -0.3 is 14.8 Å². The number of amides is 1. The zero-order chi connectivity index (χ0) is 17.4. The normalized spacial score (nSPS) is 12.8. The van der Waals surface area contributed by atoms with E-state index in [1.807, 2.05) is 0 Å². The van der Waals surface area contributed by atoms with E-state index in [9.17, 15) is 9.59 Å². The Balaban J connectivity index is 4.30. The first-order valence-corrected chi connectivity index (χ1v) is 7.16. The van der Waals surface area contributed by atoms with E-state index in [0.717, 1.165) is 0 Å². The fraction of sp³-hybridized carbons (Fsp3) is 0.857. The Hall–Kier alpha value is -1.95. The number of nitrogens with zero attached hydrogens (tertiary/aromatic N) is 3. The molecule has 0 aromatic rings. The number of carbonyl (C=O) groups is 2. The van der Waals surface area contributed by atoms with Crippen molar-refractivity contribution in [2.24, 2.45) is 5.11 Å². The van der Waals surface area contributed by atoms with Crippen LogP contribution in [0.3, 0.4) is 0 Å². The van der Waals surface area contributed by atoms with Crippen LogP contribution >= 0.6 is 0 Å². The lowest BCUT2D eigenvalue weighted by atomic mass is 10.1. The van der Waals surface area contributed by atoms with Crippen LogP contribution in [0.15, 0.2) is 5.11 Å². The summed E-state index contributed by atoms with van der Waals surface area (Å²) in [5, 5.41) is 6.08. The van der Waals surface area contributed by atoms with Crippen LogP contribution in [0.2, 0.25) is 0 Å². The van der Waals surface area contributed by atoms with Gasteiger partial charge in [0.2, 0.25) is 0 Å². The highest BCUT2D eigenvalue weighted by atomic mass is 16.6. The van der Waals surface area contributed by atoms with E-state index in [1.165, 1.54) is 0 Å². The lowest BCUT2D eigenvalue weighted by Gasteiger charge is -2.21. The zero-order valence-electron chi connectivity index (χ0n) is 14.2. The third-order valence-electron chi connectivity index (χ3n) is 2.20. The van der Waals surface area contributed by atoms with Crippen molar-refractivity contribution in [3.63, 3.8) is 0 Å². The summed E-state index contributed by atoms with van der Waals surface area (Å²) in [4.78, 5) is 25.9. The Labute approximate surface area is 131 Å². The van der Waals surface area contributed by atoms with Crippen molar-refractivity contribution in [2.45, 2.75) is 71.6 Å². The minimum absolute atomic E-state index is 0.0990. The molecule has 0 fully saturated rings. The number of azide groups is 1. The first-order valence-electron chi connectivity index (χ1n) is 7.16. The number of esters is 1. The summed E-state index contributed by atoms with van der Waals surface area (Å²) in [5.41, 5.74) is 7.38. The molecule has 1 amide bonds. The molecule has 1 N–H and O–H groups in total. The van der Waals surface area contributed by atoms with E-state index in [4.69, 9.17) is 15.0 Å². The molecule has 0 radical (unpaired) electrons. The summed E-state index contributed by atoms with van der Waals surface area (Å²) in [6, 6.07) is -0.537. The Bertz CT molecular complexity index is 399. The van der Waals surface area contributed by atoms with Crippen LogP contribution in [-0.2, 0) is 14.3 Å². The number of rotatable bonds is 6. The van der Waals surface area contributed by atoms with Gasteiger partial charge in [0.1, 0.15) is 11.2 Å². The standard InChI is InChI=1S/C14H26N4O4/c1-13(2,3)21-11(19)8-7-10(17-18-15)9-16-12(20)22-14(4,5)6/h10H,7-9H2,1-6H3,(H,16,20). The molecule has 0 bridgehead atoms. The maximum atomic E-state index is 11.6. The molecule has 8 nitrogen and oxygen atoms in total. The molecule has 0 aromatic heterocycles. The van der Waals surface area contributed by atoms with Crippen molar-refractivity contribution < 1.29 is 19.1 Å². The van der Waals surface area contributed by atoms with E-state index >= 15 is 0 Å². The summed E-state index contributed by atoms with van der Waals surface area (Å²) in [6.45, 7) is 10.7. The predicted octanol–water partition coefficient (Wildman–Crippen LogP) is 3.31. The Morgan fingerprint density at radius 1 is 1.14 bits per heavy atom. The fourth-order valence-corrected chi connectivity index (χ4v) is 1.47. The molecule has 8 heteroatoms. The summed E-state index contributed by atoms with van der Waals surface area (Å²) in [6.07, 6.45) is -0.200. The quantitative estimate of drug-likeness (QED) is 0.350. The molecule has 0 aliphatic rings. The number of nitrogens with one attached hydrogen (secondary N) is 1.